The number of nitrogens with two attached hydrogens (primary N) is 1. The van der Waals surface area contributed by atoms with E-state index in [-0.39, 0.29) is 17.1 Å². The van der Waals surface area contributed by atoms with Gasteiger partial charge in [-0.25, -0.2) is 8.78 Å². The molecule has 0 unspecified atom stereocenters. The molecule has 0 saturated carbocycles. The summed E-state index contributed by atoms with van der Waals surface area (Å²) in [5, 5.41) is -0.132. The lowest BCUT2D eigenvalue weighted by molar-refractivity contribution is 0.145. The van der Waals surface area contributed by atoms with Crippen molar-refractivity contribution in [2.24, 2.45) is 5.73 Å². The van der Waals surface area contributed by atoms with Crippen LogP contribution in [0.25, 0.3) is 0 Å². The fourth-order valence-electron chi connectivity index (χ4n) is 0.885. The molecule has 0 aliphatic heterocycles. The molecular formula is C7H7ClF2N2O. The average molecular weight is 209 g/mol. The van der Waals surface area contributed by atoms with E-state index in [1.165, 1.54) is 0 Å². The second-order valence-corrected chi connectivity index (χ2v) is 2.78. The number of aromatic amines is 1. The number of hydrogen-bond acceptors (Lipinski definition) is 2. The minimum Gasteiger partial charge on any atom is -0.326 e. The quantitative estimate of drug-likeness (QED) is 0.772. The van der Waals surface area contributed by atoms with Gasteiger partial charge in [-0.05, 0) is 11.6 Å². The molecule has 0 amide bonds. The van der Waals surface area contributed by atoms with Crippen LogP contribution >= 0.6 is 11.6 Å². The van der Waals surface area contributed by atoms with Gasteiger partial charge < -0.3 is 10.7 Å². The highest BCUT2D eigenvalue weighted by Crippen LogP contribution is 2.18. The van der Waals surface area contributed by atoms with Crippen LogP contribution in [0.1, 0.15) is 17.7 Å². The van der Waals surface area contributed by atoms with Crippen molar-refractivity contribution in [3.63, 3.8) is 0 Å². The highest BCUT2D eigenvalue weighted by atomic mass is 35.5. The summed E-state index contributed by atoms with van der Waals surface area (Å²) in [6, 6.07) is 1.09. The monoisotopic (exact) mass is 208 g/mol. The number of aromatic nitrogens is 1. The number of alkyl halides is 2. The van der Waals surface area contributed by atoms with Crippen LogP contribution in [-0.4, -0.2) is 4.98 Å². The highest BCUT2D eigenvalue weighted by molar-refractivity contribution is 6.31. The summed E-state index contributed by atoms with van der Waals surface area (Å²) in [6.45, 7) is -0.0392. The van der Waals surface area contributed by atoms with Crippen molar-refractivity contribution in [1.29, 1.82) is 0 Å². The first-order valence-corrected chi connectivity index (χ1v) is 3.84. The van der Waals surface area contributed by atoms with Crippen molar-refractivity contribution < 1.29 is 8.78 Å². The molecule has 0 aliphatic rings. The van der Waals surface area contributed by atoms with Gasteiger partial charge in [0.1, 0.15) is 5.02 Å². The number of halogens is 3. The van der Waals surface area contributed by atoms with E-state index in [0.29, 0.717) is 0 Å². The van der Waals surface area contributed by atoms with Gasteiger partial charge in [0.15, 0.2) is 0 Å². The van der Waals surface area contributed by atoms with Gasteiger partial charge in [-0.3, -0.25) is 4.79 Å². The van der Waals surface area contributed by atoms with E-state index in [4.69, 9.17) is 17.3 Å². The average Bonchev–Trinajstić information content (AvgIpc) is 2.09. The van der Waals surface area contributed by atoms with E-state index < -0.39 is 17.7 Å². The third kappa shape index (κ3) is 2.05. The van der Waals surface area contributed by atoms with Crippen LogP contribution in [0.15, 0.2) is 10.9 Å². The molecule has 0 fully saturated rings. The molecule has 1 rings (SSSR count). The molecule has 1 aromatic rings. The van der Waals surface area contributed by atoms with Gasteiger partial charge in [-0.1, -0.05) is 11.6 Å². The Kier molecular flexibility index (Phi) is 3.00. The van der Waals surface area contributed by atoms with Crippen LogP contribution in [0, 0.1) is 0 Å². The Balaban J connectivity index is 3.31. The minimum absolute atomic E-state index is 0.0392. The number of pyridine rings is 1. The SMILES string of the molecule is NCc1cc(C(F)F)[nH]c(=O)c1Cl. The van der Waals surface area contributed by atoms with Crippen LogP contribution in [-0.2, 0) is 6.54 Å². The predicted molar refractivity (Wildman–Crippen MR) is 44.9 cm³/mol. The van der Waals surface area contributed by atoms with Gasteiger partial charge in [-0.15, -0.1) is 0 Å². The van der Waals surface area contributed by atoms with Gasteiger partial charge in [0.25, 0.3) is 12.0 Å². The van der Waals surface area contributed by atoms with Gasteiger partial charge in [0, 0.05) is 6.54 Å². The van der Waals surface area contributed by atoms with Gasteiger partial charge >= 0.3 is 0 Å². The van der Waals surface area contributed by atoms with Crippen LogP contribution in [0.5, 0.6) is 0 Å². The van der Waals surface area contributed by atoms with Crippen molar-refractivity contribution in [2.45, 2.75) is 13.0 Å². The van der Waals surface area contributed by atoms with Gasteiger partial charge in [-0.2, -0.15) is 0 Å². The highest BCUT2D eigenvalue weighted by Gasteiger charge is 2.12. The van der Waals surface area contributed by atoms with E-state index in [2.05, 4.69) is 0 Å². The summed E-state index contributed by atoms with van der Waals surface area (Å²) in [4.78, 5) is 12.9. The maximum Gasteiger partial charge on any atom is 0.278 e. The molecule has 13 heavy (non-hydrogen) atoms. The maximum atomic E-state index is 12.1. The largest absolute Gasteiger partial charge is 0.326 e. The second kappa shape index (κ2) is 3.85. The van der Waals surface area contributed by atoms with E-state index in [1.807, 2.05) is 4.98 Å². The van der Waals surface area contributed by atoms with E-state index in [0.717, 1.165) is 6.07 Å². The van der Waals surface area contributed by atoms with Crippen LogP contribution in [0.2, 0.25) is 5.02 Å². The smallest absolute Gasteiger partial charge is 0.278 e. The summed E-state index contributed by atoms with van der Waals surface area (Å²) in [6.07, 6.45) is -2.73. The van der Waals surface area contributed by atoms with E-state index in [9.17, 15) is 13.6 Å². The molecule has 0 spiro atoms. The molecule has 0 radical (unpaired) electrons. The Morgan fingerprint density at radius 3 is 2.69 bits per heavy atom. The molecule has 0 bridgehead atoms. The molecule has 0 saturated heterocycles. The van der Waals surface area contributed by atoms with E-state index >= 15 is 0 Å². The standard InChI is InChI=1S/C7H7ClF2N2O/c8-5-3(2-11)1-4(6(9)10)12-7(5)13/h1,6H,2,11H2,(H,12,13). The molecule has 3 N–H and O–H groups in total. The molecule has 0 aromatic carbocycles. The molecule has 3 nitrogen and oxygen atoms in total. The lowest BCUT2D eigenvalue weighted by Gasteiger charge is -2.03. The molecule has 0 aliphatic carbocycles. The third-order valence-corrected chi connectivity index (χ3v) is 1.94. The zero-order valence-corrected chi connectivity index (χ0v) is 7.24. The van der Waals surface area contributed by atoms with Crippen LogP contribution in [0.4, 0.5) is 8.78 Å². The molecule has 6 heteroatoms. The zero-order chi connectivity index (χ0) is 10.0. The first-order valence-electron chi connectivity index (χ1n) is 3.46. The zero-order valence-electron chi connectivity index (χ0n) is 6.48. The number of hydrogen-bond donors (Lipinski definition) is 2. The Morgan fingerprint density at radius 2 is 2.23 bits per heavy atom. The lowest BCUT2D eigenvalue weighted by atomic mass is 10.2. The van der Waals surface area contributed by atoms with Crippen molar-refractivity contribution in [3.05, 3.63) is 32.7 Å². The Hall–Kier alpha value is -0.940. The Morgan fingerprint density at radius 1 is 1.62 bits per heavy atom. The Labute approximate surface area is 77.5 Å². The van der Waals surface area contributed by atoms with Gasteiger partial charge in [0.2, 0.25) is 0 Å². The lowest BCUT2D eigenvalue weighted by Crippen LogP contribution is -2.14. The number of rotatable bonds is 2. The summed E-state index contributed by atoms with van der Waals surface area (Å²) in [5.74, 6) is 0. The fraction of sp³-hybridized carbons (Fsp3) is 0.286. The first-order chi connectivity index (χ1) is 6.06. The minimum atomic E-state index is -2.73. The normalized spacial score (nSPS) is 10.8. The summed E-state index contributed by atoms with van der Waals surface area (Å²) in [5.41, 5.74) is 4.23. The molecule has 1 heterocycles. The molecule has 72 valence electrons. The second-order valence-electron chi connectivity index (χ2n) is 2.40. The summed E-state index contributed by atoms with van der Waals surface area (Å²) >= 11 is 5.50. The van der Waals surface area contributed by atoms with Crippen LogP contribution in [0.3, 0.4) is 0 Å². The van der Waals surface area contributed by atoms with Crippen molar-refractivity contribution in [1.82, 2.24) is 4.98 Å². The molecular weight excluding hydrogens is 202 g/mol. The first kappa shape index (κ1) is 10.1. The third-order valence-electron chi connectivity index (χ3n) is 1.52. The van der Waals surface area contributed by atoms with Gasteiger partial charge in [0.05, 0.1) is 5.69 Å². The summed E-state index contributed by atoms with van der Waals surface area (Å²) < 4.78 is 24.3. The van der Waals surface area contributed by atoms with Crippen molar-refractivity contribution >= 4 is 11.6 Å². The number of nitrogens with one attached hydrogen (secondary N) is 1. The molecule has 1 aromatic heterocycles. The summed E-state index contributed by atoms with van der Waals surface area (Å²) in [7, 11) is 0. The van der Waals surface area contributed by atoms with Crippen molar-refractivity contribution in [3.8, 4) is 0 Å². The van der Waals surface area contributed by atoms with E-state index in [1.54, 1.807) is 0 Å². The van der Waals surface area contributed by atoms with Crippen molar-refractivity contribution in [2.75, 3.05) is 0 Å². The Bertz CT molecular complexity index is 364. The molecule has 0 atom stereocenters. The predicted octanol–water partition coefficient (Wildman–Crippen LogP) is 1.42. The topological polar surface area (TPSA) is 58.9 Å². The number of H-pyrrole nitrogens is 1. The maximum absolute atomic E-state index is 12.1. The van der Waals surface area contributed by atoms with Crippen LogP contribution < -0.4 is 11.3 Å². The fourth-order valence-corrected chi connectivity index (χ4v) is 1.06.